The molecule has 13 heavy (non-hydrogen) atoms. The fourth-order valence-electron chi connectivity index (χ4n) is 1.63. The minimum absolute atomic E-state index is 0.0784. The van der Waals surface area contributed by atoms with Gasteiger partial charge in [-0.25, -0.2) is 0 Å². The third-order valence-electron chi connectivity index (χ3n) is 2.53. The molecule has 1 saturated carbocycles. The average molecular weight is 180 g/mol. The first-order valence-corrected chi connectivity index (χ1v) is 4.91. The van der Waals surface area contributed by atoms with Crippen molar-refractivity contribution in [1.82, 2.24) is 5.32 Å². The Hall–Kier alpha value is -1.04. The highest BCUT2D eigenvalue weighted by Crippen LogP contribution is 2.24. The maximum Gasteiger partial charge on any atom is 0.223 e. The van der Waals surface area contributed by atoms with Gasteiger partial charge in [0.15, 0.2) is 0 Å². The van der Waals surface area contributed by atoms with Crippen LogP contribution in [0.1, 0.15) is 32.6 Å². The molecule has 0 bridgehead atoms. The second kappa shape index (κ2) is 4.86. The highest BCUT2D eigenvalue weighted by molar-refractivity contribution is 5.78. The van der Waals surface area contributed by atoms with E-state index in [9.17, 15) is 4.79 Å². The normalized spacial score (nSPS) is 19.4. The van der Waals surface area contributed by atoms with E-state index in [2.05, 4.69) is 11.4 Å². The summed E-state index contributed by atoms with van der Waals surface area (Å²) in [5.41, 5.74) is 0. The maximum absolute atomic E-state index is 11.4. The molecule has 3 heteroatoms. The van der Waals surface area contributed by atoms with Gasteiger partial charge in [-0.3, -0.25) is 4.79 Å². The van der Waals surface area contributed by atoms with E-state index >= 15 is 0 Å². The molecule has 3 nitrogen and oxygen atoms in total. The lowest BCUT2D eigenvalue weighted by Gasteiger charge is -2.10. The standard InChI is InChI=1S/C10H16N2O/c1-8(6-11)7-12-10(13)9-4-2-3-5-9/h8-9H,2-5,7H2,1H3,(H,12,13). The largest absolute Gasteiger partial charge is 0.355 e. The zero-order valence-electron chi connectivity index (χ0n) is 8.05. The van der Waals surface area contributed by atoms with Crippen LogP contribution in [0.4, 0.5) is 0 Å². The minimum Gasteiger partial charge on any atom is -0.355 e. The summed E-state index contributed by atoms with van der Waals surface area (Å²) in [6.45, 7) is 2.31. The van der Waals surface area contributed by atoms with Gasteiger partial charge in [0.05, 0.1) is 12.0 Å². The highest BCUT2D eigenvalue weighted by atomic mass is 16.1. The van der Waals surface area contributed by atoms with Crippen LogP contribution in [0.2, 0.25) is 0 Å². The van der Waals surface area contributed by atoms with Gasteiger partial charge in [-0.05, 0) is 19.8 Å². The molecule has 0 aromatic rings. The van der Waals surface area contributed by atoms with E-state index in [1.54, 1.807) is 0 Å². The van der Waals surface area contributed by atoms with Crippen molar-refractivity contribution in [3.8, 4) is 6.07 Å². The van der Waals surface area contributed by atoms with Crippen molar-refractivity contribution in [2.45, 2.75) is 32.6 Å². The first-order valence-electron chi connectivity index (χ1n) is 4.91. The smallest absolute Gasteiger partial charge is 0.223 e. The number of nitriles is 1. The van der Waals surface area contributed by atoms with Crippen LogP contribution >= 0.6 is 0 Å². The maximum atomic E-state index is 11.4. The van der Waals surface area contributed by atoms with Crippen molar-refractivity contribution in [2.75, 3.05) is 6.54 Å². The van der Waals surface area contributed by atoms with E-state index in [0.29, 0.717) is 6.54 Å². The van der Waals surface area contributed by atoms with E-state index < -0.39 is 0 Å². The Labute approximate surface area is 79.1 Å². The van der Waals surface area contributed by atoms with Gasteiger partial charge in [0.2, 0.25) is 5.91 Å². The number of amides is 1. The summed E-state index contributed by atoms with van der Waals surface area (Å²) in [5.74, 6) is 0.274. The summed E-state index contributed by atoms with van der Waals surface area (Å²) < 4.78 is 0. The Morgan fingerprint density at radius 3 is 2.77 bits per heavy atom. The Morgan fingerprint density at radius 2 is 2.23 bits per heavy atom. The molecule has 0 saturated heterocycles. The zero-order valence-corrected chi connectivity index (χ0v) is 8.05. The lowest BCUT2D eigenvalue weighted by atomic mass is 10.1. The van der Waals surface area contributed by atoms with Gasteiger partial charge in [-0.15, -0.1) is 0 Å². The van der Waals surface area contributed by atoms with E-state index in [-0.39, 0.29) is 17.7 Å². The molecule has 0 heterocycles. The molecule has 72 valence electrons. The number of hydrogen-bond acceptors (Lipinski definition) is 2. The molecule has 0 radical (unpaired) electrons. The monoisotopic (exact) mass is 180 g/mol. The number of rotatable bonds is 3. The van der Waals surface area contributed by atoms with Crippen molar-refractivity contribution in [1.29, 1.82) is 5.26 Å². The Bertz CT molecular complexity index is 213. The molecule has 0 aromatic heterocycles. The number of carbonyl (C=O) groups is 1. The van der Waals surface area contributed by atoms with Crippen LogP contribution in [0, 0.1) is 23.2 Å². The Kier molecular flexibility index (Phi) is 3.75. The average Bonchev–Trinajstić information content (AvgIpc) is 2.66. The van der Waals surface area contributed by atoms with Gasteiger partial charge in [-0.2, -0.15) is 5.26 Å². The van der Waals surface area contributed by atoms with Crippen LogP contribution in [-0.2, 0) is 4.79 Å². The summed E-state index contributed by atoms with van der Waals surface area (Å²) in [4.78, 5) is 11.4. The van der Waals surface area contributed by atoms with Crippen molar-refractivity contribution >= 4 is 5.91 Å². The van der Waals surface area contributed by atoms with Crippen LogP contribution in [0.15, 0.2) is 0 Å². The predicted molar refractivity (Wildman–Crippen MR) is 49.7 cm³/mol. The molecule has 1 aliphatic carbocycles. The fourth-order valence-corrected chi connectivity index (χ4v) is 1.63. The van der Waals surface area contributed by atoms with Crippen LogP contribution in [0.3, 0.4) is 0 Å². The first kappa shape index (κ1) is 10.0. The second-order valence-corrected chi connectivity index (χ2v) is 3.76. The molecule has 1 unspecified atom stereocenters. The number of nitrogens with one attached hydrogen (secondary N) is 1. The molecule has 1 amide bonds. The molecule has 0 aromatic carbocycles. The Morgan fingerprint density at radius 1 is 1.62 bits per heavy atom. The fraction of sp³-hybridized carbons (Fsp3) is 0.800. The zero-order chi connectivity index (χ0) is 9.68. The lowest BCUT2D eigenvalue weighted by Crippen LogP contribution is -2.32. The van der Waals surface area contributed by atoms with E-state index in [1.165, 1.54) is 12.8 Å². The predicted octanol–water partition coefficient (Wildman–Crippen LogP) is 1.45. The second-order valence-electron chi connectivity index (χ2n) is 3.76. The summed E-state index contributed by atoms with van der Waals surface area (Å²) in [5, 5.41) is 11.3. The van der Waals surface area contributed by atoms with Crippen LogP contribution in [0.5, 0.6) is 0 Å². The van der Waals surface area contributed by atoms with Gasteiger partial charge in [0, 0.05) is 12.5 Å². The van der Waals surface area contributed by atoms with Gasteiger partial charge in [-0.1, -0.05) is 12.8 Å². The van der Waals surface area contributed by atoms with Crippen molar-refractivity contribution < 1.29 is 4.79 Å². The summed E-state index contributed by atoms with van der Waals surface area (Å²) in [7, 11) is 0. The molecule has 1 atom stereocenters. The summed E-state index contributed by atoms with van der Waals surface area (Å²) >= 11 is 0. The molecule has 1 fully saturated rings. The molecule has 1 rings (SSSR count). The molecule has 0 spiro atoms. The molecular formula is C10H16N2O. The number of nitrogens with zero attached hydrogens (tertiary/aromatic N) is 1. The number of carbonyl (C=O) groups excluding carboxylic acids is 1. The van der Waals surface area contributed by atoms with Crippen LogP contribution < -0.4 is 5.32 Å². The van der Waals surface area contributed by atoms with E-state index in [1.807, 2.05) is 6.92 Å². The summed E-state index contributed by atoms with van der Waals surface area (Å²) in [6, 6.07) is 2.10. The van der Waals surface area contributed by atoms with Gasteiger partial charge >= 0.3 is 0 Å². The van der Waals surface area contributed by atoms with Crippen LogP contribution in [-0.4, -0.2) is 12.5 Å². The summed E-state index contributed by atoms with van der Waals surface area (Å²) in [6.07, 6.45) is 4.39. The first-order chi connectivity index (χ1) is 6.24. The number of hydrogen-bond donors (Lipinski definition) is 1. The highest BCUT2D eigenvalue weighted by Gasteiger charge is 2.22. The van der Waals surface area contributed by atoms with Gasteiger partial charge in [0.1, 0.15) is 0 Å². The van der Waals surface area contributed by atoms with Gasteiger partial charge in [0.25, 0.3) is 0 Å². The topological polar surface area (TPSA) is 52.9 Å². The quantitative estimate of drug-likeness (QED) is 0.714. The molecule has 1 aliphatic rings. The van der Waals surface area contributed by atoms with Crippen LogP contribution in [0.25, 0.3) is 0 Å². The van der Waals surface area contributed by atoms with Crippen molar-refractivity contribution in [3.05, 3.63) is 0 Å². The third kappa shape index (κ3) is 3.06. The van der Waals surface area contributed by atoms with E-state index in [4.69, 9.17) is 5.26 Å². The Balaban J connectivity index is 2.21. The van der Waals surface area contributed by atoms with Crippen molar-refractivity contribution in [2.24, 2.45) is 11.8 Å². The SMILES string of the molecule is CC(C#N)CNC(=O)C1CCCC1. The van der Waals surface area contributed by atoms with E-state index in [0.717, 1.165) is 12.8 Å². The molecular weight excluding hydrogens is 164 g/mol. The molecule has 0 aliphatic heterocycles. The van der Waals surface area contributed by atoms with Gasteiger partial charge < -0.3 is 5.32 Å². The lowest BCUT2D eigenvalue weighted by molar-refractivity contribution is -0.124. The van der Waals surface area contributed by atoms with Crippen molar-refractivity contribution in [3.63, 3.8) is 0 Å². The minimum atomic E-state index is -0.0784. The third-order valence-corrected chi connectivity index (χ3v) is 2.53. The molecule has 1 N–H and O–H groups in total.